The molecule has 1 amide bonds. The van der Waals surface area contributed by atoms with Crippen LogP contribution in [0.4, 0.5) is 5.69 Å². The van der Waals surface area contributed by atoms with Crippen LogP contribution in [0.2, 0.25) is 5.02 Å². The van der Waals surface area contributed by atoms with E-state index in [0.717, 1.165) is 5.69 Å². The second-order valence-corrected chi connectivity index (χ2v) is 4.30. The first-order chi connectivity index (χ1) is 8.60. The molecule has 0 heterocycles. The number of hydrogen-bond acceptors (Lipinski definition) is 3. The molecule has 0 aliphatic carbocycles. The van der Waals surface area contributed by atoms with Crippen LogP contribution in [0, 0.1) is 0 Å². The van der Waals surface area contributed by atoms with E-state index in [0.29, 0.717) is 30.3 Å². The summed E-state index contributed by atoms with van der Waals surface area (Å²) in [5, 5.41) is 3.54. The second-order valence-electron chi connectivity index (χ2n) is 3.86. The number of amides is 1. The average molecular weight is 271 g/mol. The highest BCUT2D eigenvalue weighted by Crippen LogP contribution is 2.21. The summed E-state index contributed by atoms with van der Waals surface area (Å²) >= 11 is 5.93. The van der Waals surface area contributed by atoms with Crippen molar-refractivity contribution in [3.05, 3.63) is 28.8 Å². The highest BCUT2D eigenvalue weighted by Gasteiger charge is 2.15. The van der Waals surface area contributed by atoms with E-state index in [1.54, 1.807) is 37.2 Å². The van der Waals surface area contributed by atoms with Crippen molar-refractivity contribution in [2.75, 3.05) is 39.2 Å². The Labute approximate surface area is 113 Å². The standard InChI is InChI=1S/C13H19ClN2O2/c1-4-18-8-7-16(3)13(17)11-9-10(14)5-6-12(11)15-2/h5-6,9,15H,4,7-8H2,1-3H3. The minimum Gasteiger partial charge on any atom is -0.387 e. The molecule has 0 bridgehead atoms. The Bertz CT molecular complexity index is 410. The Morgan fingerprint density at radius 2 is 2.22 bits per heavy atom. The van der Waals surface area contributed by atoms with Gasteiger partial charge in [-0.15, -0.1) is 0 Å². The third-order valence-corrected chi connectivity index (χ3v) is 2.84. The van der Waals surface area contributed by atoms with E-state index < -0.39 is 0 Å². The lowest BCUT2D eigenvalue weighted by molar-refractivity contribution is 0.0711. The Hall–Kier alpha value is -1.26. The highest BCUT2D eigenvalue weighted by molar-refractivity contribution is 6.31. The van der Waals surface area contributed by atoms with Crippen LogP contribution in [0.5, 0.6) is 0 Å². The zero-order valence-corrected chi connectivity index (χ0v) is 11.8. The van der Waals surface area contributed by atoms with E-state index in [9.17, 15) is 4.79 Å². The summed E-state index contributed by atoms with van der Waals surface area (Å²) in [5.41, 5.74) is 1.34. The predicted octanol–water partition coefficient (Wildman–Crippen LogP) is 2.49. The number of nitrogens with zero attached hydrogens (tertiary/aromatic N) is 1. The number of benzene rings is 1. The maximum atomic E-state index is 12.2. The zero-order valence-electron chi connectivity index (χ0n) is 11.0. The van der Waals surface area contributed by atoms with Crippen LogP contribution in [0.1, 0.15) is 17.3 Å². The van der Waals surface area contributed by atoms with E-state index in [2.05, 4.69) is 5.32 Å². The molecule has 0 atom stereocenters. The topological polar surface area (TPSA) is 41.6 Å². The average Bonchev–Trinajstić information content (AvgIpc) is 2.38. The molecule has 1 N–H and O–H groups in total. The second kappa shape index (κ2) is 7.24. The molecule has 0 aromatic heterocycles. The van der Waals surface area contributed by atoms with Crippen molar-refractivity contribution >= 4 is 23.2 Å². The van der Waals surface area contributed by atoms with E-state index in [1.807, 2.05) is 6.92 Å². The summed E-state index contributed by atoms with van der Waals surface area (Å²) in [6.07, 6.45) is 0. The number of nitrogens with one attached hydrogen (secondary N) is 1. The summed E-state index contributed by atoms with van der Waals surface area (Å²) in [6, 6.07) is 5.23. The van der Waals surface area contributed by atoms with E-state index in [-0.39, 0.29) is 5.91 Å². The van der Waals surface area contributed by atoms with Gasteiger partial charge in [0.1, 0.15) is 0 Å². The summed E-state index contributed by atoms with van der Waals surface area (Å²) in [4.78, 5) is 13.9. The third kappa shape index (κ3) is 3.89. The summed E-state index contributed by atoms with van der Waals surface area (Å²) < 4.78 is 5.23. The highest BCUT2D eigenvalue weighted by atomic mass is 35.5. The van der Waals surface area contributed by atoms with Crippen LogP contribution in [0.25, 0.3) is 0 Å². The SMILES string of the molecule is CCOCCN(C)C(=O)c1cc(Cl)ccc1NC. The first-order valence-electron chi connectivity index (χ1n) is 5.90. The molecule has 0 fully saturated rings. The summed E-state index contributed by atoms with van der Waals surface area (Å²) in [6.45, 7) is 3.68. The number of ether oxygens (including phenoxy) is 1. The lowest BCUT2D eigenvalue weighted by Crippen LogP contribution is -2.30. The van der Waals surface area contributed by atoms with E-state index in [1.165, 1.54) is 0 Å². The van der Waals surface area contributed by atoms with Gasteiger partial charge in [0.25, 0.3) is 5.91 Å². The molecule has 0 saturated heterocycles. The minimum atomic E-state index is -0.0680. The van der Waals surface area contributed by atoms with E-state index in [4.69, 9.17) is 16.3 Å². The Morgan fingerprint density at radius 3 is 2.83 bits per heavy atom. The van der Waals surface area contributed by atoms with Gasteiger partial charge in [-0.25, -0.2) is 0 Å². The van der Waals surface area contributed by atoms with Crippen molar-refractivity contribution in [1.29, 1.82) is 0 Å². The molecular weight excluding hydrogens is 252 g/mol. The van der Waals surface area contributed by atoms with Crippen molar-refractivity contribution in [3.8, 4) is 0 Å². The van der Waals surface area contributed by atoms with Crippen LogP contribution < -0.4 is 5.32 Å². The Balaban J connectivity index is 2.79. The van der Waals surface area contributed by atoms with Crippen LogP contribution in [0.3, 0.4) is 0 Å². The maximum absolute atomic E-state index is 12.2. The van der Waals surface area contributed by atoms with Crippen molar-refractivity contribution in [2.24, 2.45) is 0 Å². The molecule has 1 rings (SSSR count). The normalized spacial score (nSPS) is 10.2. The van der Waals surface area contributed by atoms with Crippen molar-refractivity contribution in [1.82, 2.24) is 4.90 Å². The Kier molecular flexibility index (Phi) is 5.95. The maximum Gasteiger partial charge on any atom is 0.255 e. The molecule has 4 nitrogen and oxygen atoms in total. The predicted molar refractivity (Wildman–Crippen MR) is 74.5 cm³/mol. The van der Waals surface area contributed by atoms with Crippen LogP contribution >= 0.6 is 11.6 Å². The van der Waals surface area contributed by atoms with Crippen molar-refractivity contribution in [2.45, 2.75) is 6.92 Å². The van der Waals surface area contributed by atoms with Gasteiger partial charge in [0, 0.05) is 38.0 Å². The monoisotopic (exact) mass is 270 g/mol. The van der Waals surface area contributed by atoms with Crippen LogP contribution in [-0.4, -0.2) is 44.7 Å². The van der Waals surface area contributed by atoms with Gasteiger partial charge in [-0.3, -0.25) is 4.79 Å². The first-order valence-corrected chi connectivity index (χ1v) is 6.28. The molecule has 1 aromatic rings. The molecule has 18 heavy (non-hydrogen) atoms. The fourth-order valence-corrected chi connectivity index (χ4v) is 1.74. The molecule has 0 unspecified atom stereocenters. The van der Waals surface area contributed by atoms with Gasteiger partial charge in [-0.2, -0.15) is 0 Å². The van der Waals surface area contributed by atoms with Crippen molar-refractivity contribution < 1.29 is 9.53 Å². The molecule has 0 aliphatic heterocycles. The molecular formula is C13H19ClN2O2. The lowest BCUT2D eigenvalue weighted by Gasteiger charge is -2.19. The van der Waals surface area contributed by atoms with Gasteiger partial charge in [0.15, 0.2) is 0 Å². The zero-order chi connectivity index (χ0) is 13.5. The number of hydrogen-bond donors (Lipinski definition) is 1. The molecule has 1 aromatic carbocycles. The quantitative estimate of drug-likeness (QED) is 0.808. The first kappa shape index (κ1) is 14.8. The van der Waals surface area contributed by atoms with Gasteiger partial charge in [-0.1, -0.05) is 11.6 Å². The smallest absolute Gasteiger partial charge is 0.255 e. The fraction of sp³-hybridized carbons (Fsp3) is 0.462. The molecule has 100 valence electrons. The van der Waals surface area contributed by atoms with Gasteiger partial charge in [0.2, 0.25) is 0 Å². The molecule has 0 radical (unpaired) electrons. The third-order valence-electron chi connectivity index (χ3n) is 2.60. The van der Waals surface area contributed by atoms with Gasteiger partial charge >= 0.3 is 0 Å². The molecule has 0 aliphatic rings. The van der Waals surface area contributed by atoms with Gasteiger partial charge in [0.05, 0.1) is 12.2 Å². The lowest BCUT2D eigenvalue weighted by atomic mass is 10.1. The Morgan fingerprint density at radius 1 is 1.50 bits per heavy atom. The van der Waals surface area contributed by atoms with Gasteiger partial charge in [-0.05, 0) is 25.1 Å². The number of rotatable bonds is 6. The number of halogens is 1. The number of likely N-dealkylation sites (N-methyl/N-ethyl adjacent to an activating group) is 1. The molecule has 0 saturated carbocycles. The summed E-state index contributed by atoms with van der Waals surface area (Å²) in [5.74, 6) is -0.0680. The number of carbonyl (C=O) groups is 1. The minimum absolute atomic E-state index is 0.0680. The van der Waals surface area contributed by atoms with Crippen LogP contribution in [0.15, 0.2) is 18.2 Å². The van der Waals surface area contributed by atoms with Crippen molar-refractivity contribution in [3.63, 3.8) is 0 Å². The number of carbonyl (C=O) groups excluding carboxylic acids is 1. The molecule has 0 spiro atoms. The summed E-state index contributed by atoms with van der Waals surface area (Å²) in [7, 11) is 3.53. The fourth-order valence-electron chi connectivity index (χ4n) is 1.56. The largest absolute Gasteiger partial charge is 0.387 e. The number of anilines is 1. The van der Waals surface area contributed by atoms with Gasteiger partial charge < -0.3 is 15.0 Å². The van der Waals surface area contributed by atoms with Crippen LogP contribution in [-0.2, 0) is 4.74 Å². The van der Waals surface area contributed by atoms with E-state index >= 15 is 0 Å². The molecule has 5 heteroatoms.